The molecule has 0 atom stereocenters. The molecule has 3 rings (SSSR count). The Labute approximate surface area is 127 Å². The minimum absolute atomic E-state index is 0.122. The summed E-state index contributed by atoms with van der Waals surface area (Å²) in [5.74, 6) is -0.122. The Morgan fingerprint density at radius 1 is 1.18 bits per heavy atom. The predicted molar refractivity (Wildman–Crippen MR) is 80.7 cm³/mol. The van der Waals surface area contributed by atoms with Crippen LogP contribution in [0.15, 0.2) is 53.1 Å². The molecule has 0 bridgehead atoms. The number of rotatable bonds is 4. The molecule has 0 saturated heterocycles. The maximum Gasteiger partial charge on any atom is 0.226 e. The number of hydrogen-bond acceptors (Lipinski definition) is 4. The molecular weight excluding hydrogens is 278 g/mol. The fourth-order valence-electron chi connectivity index (χ4n) is 2.18. The molecule has 5 nitrogen and oxygen atoms in total. The summed E-state index contributed by atoms with van der Waals surface area (Å²) in [4.78, 5) is 12.0. The Bertz CT molecular complexity index is 844. The summed E-state index contributed by atoms with van der Waals surface area (Å²) < 4.78 is 5.18. The van der Waals surface area contributed by atoms with Crippen LogP contribution in [0.2, 0.25) is 0 Å². The Morgan fingerprint density at radius 2 is 1.95 bits per heavy atom. The van der Waals surface area contributed by atoms with Crippen LogP contribution in [0.4, 0.5) is 0 Å². The van der Waals surface area contributed by atoms with Crippen LogP contribution in [0.1, 0.15) is 16.8 Å². The number of nitriles is 1. The highest BCUT2D eigenvalue weighted by Crippen LogP contribution is 2.18. The lowest BCUT2D eigenvalue weighted by Gasteiger charge is -2.04. The summed E-state index contributed by atoms with van der Waals surface area (Å²) in [5, 5.41) is 16.4. The summed E-state index contributed by atoms with van der Waals surface area (Å²) in [6.45, 7) is 0.417. The fraction of sp³-hybridized carbons (Fsp3) is 0.118. The third-order valence-corrected chi connectivity index (χ3v) is 3.35. The Balaban J connectivity index is 1.61. The van der Waals surface area contributed by atoms with Gasteiger partial charge in [-0.2, -0.15) is 5.26 Å². The summed E-state index contributed by atoms with van der Waals surface area (Å²) >= 11 is 0. The molecule has 0 aliphatic rings. The maximum absolute atomic E-state index is 12.0. The van der Waals surface area contributed by atoms with Crippen molar-refractivity contribution in [3.05, 3.63) is 65.4 Å². The maximum atomic E-state index is 12.0. The second-order valence-corrected chi connectivity index (χ2v) is 4.89. The van der Waals surface area contributed by atoms with Gasteiger partial charge >= 0.3 is 0 Å². The molecule has 0 spiro atoms. The van der Waals surface area contributed by atoms with Crippen LogP contribution >= 0.6 is 0 Å². The van der Waals surface area contributed by atoms with Crippen LogP contribution in [-0.2, 0) is 17.8 Å². The molecule has 0 fully saturated rings. The molecule has 1 heterocycles. The van der Waals surface area contributed by atoms with Gasteiger partial charge in [0.2, 0.25) is 5.91 Å². The molecule has 1 N–H and O–H groups in total. The van der Waals surface area contributed by atoms with E-state index < -0.39 is 0 Å². The molecule has 0 unspecified atom stereocenters. The van der Waals surface area contributed by atoms with E-state index in [9.17, 15) is 4.79 Å². The summed E-state index contributed by atoms with van der Waals surface area (Å²) in [5.41, 5.74) is 2.85. The smallest absolute Gasteiger partial charge is 0.226 e. The number of carbonyl (C=O) groups excluding carboxylic acids is 1. The largest absolute Gasteiger partial charge is 0.356 e. The Morgan fingerprint density at radius 3 is 2.73 bits per heavy atom. The number of benzene rings is 2. The van der Waals surface area contributed by atoms with Gasteiger partial charge in [0.25, 0.3) is 0 Å². The lowest BCUT2D eigenvalue weighted by atomic mass is 10.1. The highest BCUT2D eigenvalue weighted by molar-refractivity contribution is 5.86. The molecule has 1 aromatic heterocycles. The summed E-state index contributed by atoms with van der Waals surface area (Å²) in [6.07, 6.45) is 0.174. The van der Waals surface area contributed by atoms with Crippen molar-refractivity contribution in [3.8, 4) is 6.07 Å². The standard InChI is InChI=1S/C17H13N3O2/c18-10-12-5-7-13(8-6-12)11-19-17(21)9-15-14-3-1-2-4-16(14)22-20-15/h1-8H,9,11H2,(H,19,21). The Hall–Kier alpha value is -3.13. The van der Waals surface area contributed by atoms with Crippen LogP contribution in [-0.4, -0.2) is 11.1 Å². The van der Waals surface area contributed by atoms with Crippen LogP contribution in [0.3, 0.4) is 0 Å². The molecule has 1 amide bonds. The lowest BCUT2D eigenvalue weighted by Crippen LogP contribution is -2.24. The van der Waals surface area contributed by atoms with Gasteiger partial charge in [-0.15, -0.1) is 0 Å². The van der Waals surface area contributed by atoms with Crippen molar-refractivity contribution in [1.29, 1.82) is 5.26 Å². The van der Waals surface area contributed by atoms with E-state index in [1.54, 1.807) is 12.1 Å². The van der Waals surface area contributed by atoms with Crippen molar-refractivity contribution < 1.29 is 9.32 Å². The van der Waals surface area contributed by atoms with Crippen molar-refractivity contribution in [2.24, 2.45) is 0 Å². The van der Waals surface area contributed by atoms with Crippen molar-refractivity contribution in [1.82, 2.24) is 10.5 Å². The second-order valence-electron chi connectivity index (χ2n) is 4.89. The lowest BCUT2D eigenvalue weighted by molar-refractivity contribution is -0.120. The van der Waals surface area contributed by atoms with Crippen LogP contribution in [0, 0.1) is 11.3 Å². The number of amides is 1. The zero-order chi connectivity index (χ0) is 15.4. The quantitative estimate of drug-likeness (QED) is 0.801. The second kappa shape index (κ2) is 6.10. The fourth-order valence-corrected chi connectivity index (χ4v) is 2.18. The first kappa shape index (κ1) is 13.8. The van der Waals surface area contributed by atoms with Gasteiger partial charge in [-0.1, -0.05) is 29.4 Å². The molecule has 22 heavy (non-hydrogen) atoms. The first-order valence-electron chi connectivity index (χ1n) is 6.85. The molecule has 2 aromatic carbocycles. The van der Waals surface area contributed by atoms with Crippen molar-refractivity contribution in [3.63, 3.8) is 0 Å². The highest BCUT2D eigenvalue weighted by Gasteiger charge is 2.11. The first-order valence-corrected chi connectivity index (χ1v) is 6.85. The molecular formula is C17H13N3O2. The van der Waals surface area contributed by atoms with E-state index in [1.165, 1.54) is 0 Å². The number of hydrogen-bond donors (Lipinski definition) is 1. The van der Waals surface area contributed by atoms with Crippen LogP contribution in [0.5, 0.6) is 0 Å². The van der Waals surface area contributed by atoms with E-state index in [0.717, 1.165) is 10.9 Å². The number of fused-ring (bicyclic) bond motifs is 1. The van der Waals surface area contributed by atoms with Crippen molar-refractivity contribution in [2.75, 3.05) is 0 Å². The van der Waals surface area contributed by atoms with Gasteiger partial charge in [-0.05, 0) is 29.8 Å². The van der Waals surface area contributed by atoms with Crippen molar-refractivity contribution in [2.45, 2.75) is 13.0 Å². The molecule has 0 saturated carbocycles. The van der Waals surface area contributed by atoms with Crippen LogP contribution < -0.4 is 5.32 Å². The first-order chi connectivity index (χ1) is 10.8. The van der Waals surface area contributed by atoms with Gasteiger partial charge in [0.15, 0.2) is 5.58 Å². The highest BCUT2D eigenvalue weighted by atomic mass is 16.5. The van der Waals surface area contributed by atoms with Gasteiger partial charge < -0.3 is 9.84 Å². The van der Waals surface area contributed by atoms with E-state index in [1.807, 2.05) is 36.4 Å². The van der Waals surface area contributed by atoms with E-state index in [-0.39, 0.29) is 12.3 Å². The van der Waals surface area contributed by atoms with E-state index >= 15 is 0 Å². The van der Waals surface area contributed by atoms with E-state index in [0.29, 0.717) is 23.4 Å². The molecule has 0 aliphatic heterocycles. The number of nitrogens with one attached hydrogen (secondary N) is 1. The normalized spacial score (nSPS) is 10.3. The van der Waals surface area contributed by atoms with E-state index in [2.05, 4.69) is 16.5 Å². The number of carbonyl (C=O) groups is 1. The average Bonchev–Trinajstić information content (AvgIpc) is 2.97. The number of aromatic nitrogens is 1. The minimum Gasteiger partial charge on any atom is -0.356 e. The molecule has 0 radical (unpaired) electrons. The Kier molecular flexibility index (Phi) is 3.84. The summed E-state index contributed by atoms with van der Waals surface area (Å²) in [7, 11) is 0. The minimum atomic E-state index is -0.122. The SMILES string of the molecule is N#Cc1ccc(CNC(=O)Cc2noc3ccccc23)cc1. The third-order valence-electron chi connectivity index (χ3n) is 3.35. The zero-order valence-electron chi connectivity index (χ0n) is 11.7. The van der Waals surface area contributed by atoms with E-state index in [4.69, 9.17) is 9.78 Å². The average molecular weight is 291 g/mol. The van der Waals surface area contributed by atoms with Gasteiger partial charge in [-0.25, -0.2) is 0 Å². The molecule has 108 valence electrons. The third kappa shape index (κ3) is 2.96. The monoisotopic (exact) mass is 291 g/mol. The van der Waals surface area contributed by atoms with Crippen molar-refractivity contribution >= 4 is 16.9 Å². The molecule has 3 aromatic rings. The molecule has 5 heteroatoms. The van der Waals surface area contributed by atoms with Gasteiger partial charge in [-0.3, -0.25) is 4.79 Å². The zero-order valence-corrected chi connectivity index (χ0v) is 11.7. The van der Waals surface area contributed by atoms with Gasteiger partial charge in [0.05, 0.1) is 18.1 Å². The predicted octanol–water partition coefficient (Wildman–Crippen LogP) is 2.56. The number of nitrogens with zero attached hydrogens (tertiary/aromatic N) is 2. The number of para-hydroxylation sites is 1. The topological polar surface area (TPSA) is 78.9 Å². The molecule has 0 aliphatic carbocycles. The summed E-state index contributed by atoms with van der Waals surface area (Å²) in [6, 6.07) is 16.6. The van der Waals surface area contributed by atoms with Crippen LogP contribution in [0.25, 0.3) is 11.0 Å². The van der Waals surface area contributed by atoms with Gasteiger partial charge in [0, 0.05) is 11.9 Å². The van der Waals surface area contributed by atoms with Gasteiger partial charge in [0.1, 0.15) is 5.69 Å².